The van der Waals surface area contributed by atoms with Gasteiger partial charge in [-0.1, -0.05) is 20.8 Å². The molecular weight excluding hydrogens is 224 g/mol. The highest BCUT2D eigenvalue weighted by Gasteiger charge is 2.29. The molecule has 0 aliphatic carbocycles. The molecule has 2 N–H and O–H groups in total. The highest BCUT2D eigenvalue weighted by molar-refractivity contribution is 5.40. The summed E-state index contributed by atoms with van der Waals surface area (Å²) in [6.45, 7) is 9.47. The SMILES string of the molecule is CC(C)c1cc(N2CCC(C)(CN)CC2)ncn1. The number of hydrogen-bond donors (Lipinski definition) is 1. The van der Waals surface area contributed by atoms with Crippen molar-refractivity contribution in [3.05, 3.63) is 18.1 Å². The fourth-order valence-corrected chi connectivity index (χ4v) is 2.33. The summed E-state index contributed by atoms with van der Waals surface area (Å²) in [4.78, 5) is 11.1. The van der Waals surface area contributed by atoms with Crippen molar-refractivity contribution < 1.29 is 0 Å². The molecule has 4 heteroatoms. The Morgan fingerprint density at radius 2 is 2.00 bits per heavy atom. The van der Waals surface area contributed by atoms with Crippen LogP contribution in [-0.2, 0) is 0 Å². The lowest BCUT2D eigenvalue weighted by molar-refractivity contribution is 0.258. The van der Waals surface area contributed by atoms with Gasteiger partial charge >= 0.3 is 0 Å². The van der Waals surface area contributed by atoms with Crippen LogP contribution in [0.3, 0.4) is 0 Å². The van der Waals surface area contributed by atoms with Gasteiger partial charge in [0.25, 0.3) is 0 Å². The zero-order valence-electron chi connectivity index (χ0n) is 11.7. The number of aromatic nitrogens is 2. The van der Waals surface area contributed by atoms with Crippen LogP contribution in [0.1, 0.15) is 45.2 Å². The largest absolute Gasteiger partial charge is 0.356 e. The van der Waals surface area contributed by atoms with Crippen LogP contribution in [0.4, 0.5) is 5.82 Å². The number of rotatable bonds is 3. The average molecular weight is 248 g/mol. The maximum atomic E-state index is 5.84. The van der Waals surface area contributed by atoms with Gasteiger partial charge in [0.15, 0.2) is 0 Å². The lowest BCUT2D eigenvalue weighted by Gasteiger charge is -2.39. The van der Waals surface area contributed by atoms with E-state index in [9.17, 15) is 0 Å². The van der Waals surface area contributed by atoms with E-state index >= 15 is 0 Å². The Labute approximate surface area is 110 Å². The standard InChI is InChI=1S/C14H24N4/c1-11(2)12-8-13(17-10-16-12)18-6-4-14(3,9-15)5-7-18/h8,10-11H,4-7,9,15H2,1-3H3. The Hall–Kier alpha value is -1.16. The molecule has 100 valence electrons. The summed E-state index contributed by atoms with van der Waals surface area (Å²) in [7, 11) is 0. The minimum Gasteiger partial charge on any atom is -0.356 e. The average Bonchev–Trinajstić information content (AvgIpc) is 2.40. The summed E-state index contributed by atoms with van der Waals surface area (Å²) >= 11 is 0. The molecule has 0 amide bonds. The second kappa shape index (κ2) is 5.22. The van der Waals surface area contributed by atoms with Gasteiger partial charge < -0.3 is 10.6 Å². The molecule has 1 aromatic rings. The van der Waals surface area contributed by atoms with E-state index in [0.717, 1.165) is 44.0 Å². The Morgan fingerprint density at radius 1 is 1.33 bits per heavy atom. The first kappa shape index (κ1) is 13.3. The van der Waals surface area contributed by atoms with Gasteiger partial charge in [-0.05, 0) is 30.7 Å². The second-order valence-corrected chi connectivity index (χ2v) is 5.96. The molecule has 0 aromatic carbocycles. The van der Waals surface area contributed by atoms with E-state index in [0.29, 0.717) is 11.3 Å². The number of hydrogen-bond acceptors (Lipinski definition) is 4. The molecule has 0 unspecified atom stereocenters. The molecular formula is C14H24N4. The van der Waals surface area contributed by atoms with E-state index in [4.69, 9.17) is 5.73 Å². The van der Waals surface area contributed by atoms with Crippen molar-refractivity contribution in [2.75, 3.05) is 24.5 Å². The third-order valence-electron chi connectivity index (χ3n) is 4.05. The highest BCUT2D eigenvalue weighted by Crippen LogP contribution is 2.31. The molecule has 0 spiro atoms. The zero-order valence-corrected chi connectivity index (χ0v) is 11.7. The van der Waals surface area contributed by atoms with Gasteiger partial charge in [0, 0.05) is 24.8 Å². The maximum absolute atomic E-state index is 5.84. The summed E-state index contributed by atoms with van der Waals surface area (Å²) in [6.07, 6.45) is 3.97. The topological polar surface area (TPSA) is 55.0 Å². The molecule has 0 atom stereocenters. The monoisotopic (exact) mass is 248 g/mol. The van der Waals surface area contributed by atoms with Crippen LogP contribution >= 0.6 is 0 Å². The zero-order chi connectivity index (χ0) is 13.2. The van der Waals surface area contributed by atoms with Gasteiger partial charge in [-0.2, -0.15) is 0 Å². The molecule has 2 rings (SSSR count). The van der Waals surface area contributed by atoms with E-state index in [1.54, 1.807) is 6.33 Å². The molecule has 1 aromatic heterocycles. The molecule has 2 heterocycles. The van der Waals surface area contributed by atoms with E-state index in [2.05, 4.69) is 41.7 Å². The van der Waals surface area contributed by atoms with E-state index < -0.39 is 0 Å². The first-order valence-electron chi connectivity index (χ1n) is 6.81. The molecule has 1 aliphatic rings. The molecule has 18 heavy (non-hydrogen) atoms. The van der Waals surface area contributed by atoms with Gasteiger partial charge in [-0.15, -0.1) is 0 Å². The fourth-order valence-electron chi connectivity index (χ4n) is 2.33. The van der Waals surface area contributed by atoms with E-state index in [1.807, 2.05) is 0 Å². The second-order valence-electron chi connectivity index (χ2n) is 5.96. The summed E-state index contributed by atoms with van der Waals surface area (Å²) in [5, 5.41) is 0. The van der Waals surface area contributed by atoms with Crippen LogP contribution in [0.2, 0.25) is 0 Å². The summed E-state index contributed by atoms with van der Waals surface area (Å²) in [6, 6.07) is 2.12. The van der Waals surface area contributed by atoms with Crippen LogP contribution < -0.4 is 10.6 Å². The quantitative estimate of drug-likeness (QED) is 0.890. The molecule has 1 aliphatic heterocycles. The summed E-state index contributed by atoms with van der Waals surface area (Å²) in [5.74, 6) is 1.51. The number of anilines is 1. The van der Waals surface area contributed by atoms with Gasteiger partial charge in [-0.3, -0.25) is 0 Å². The van der Waals surface area contributed by atoms with Crippen molar-refractivity contribution in [1.29, 1.82) is 0 Å². The number of nitrogens with two attached hydrogens (primary N) is 1. The summed E-state index contributed by atoms with van der Waals surface area (Å²) < 4.78 is 0. The van der Waals surface area contributed by atoms with Crippen molar-refractivity contribution in [1.82, 2.24) is 9.97 Å². The van der Waals surface area contributed by atoms with Crippen LogP contribution in [0.25, 0.3) is 0 Å². The Morgan fingerprint density at radius 3 is 2.56 bits per heavy atom. The van der Waals surface area contributed by atoms with Gasteiger partial charge in [0.05, 0.1) is 0 Å². The third kappa shape index (κ3) is 2.80. The lowest BCUT2D eigenvalue weighted by Crippen LogP contribution is -2.42. The van der Waals surface area contributed by atoms with Crippen LogP contribution in [-0.4, -0.2) is 29.6 Å². The van der Waals surface area contributed by atoms with E-state index in [-0.39, 0.29) is 0 Å². The summed E-state index contributed by atoms with van der Waals surface area (Å²) in [5.41, 5.74) is 7.27. The molecule has 4 nitrogen and oxygen atoms in total. The molecule has 0 radical (unpaired) electrons. The number of nitrogens with zero attached hydrogens (tertiary/aromatic N) is 3. The molecule has 0 saturated carbocycles. The van der Waals surface area contributed by atoms with Crippen molar-refractivity contribution in [2.45, 2.75) is 39.5 Å². The fraction of sp³-hybridized carbons (Fsp3) is 0.714. The Balaban J connectivity index is 2.07. The number of piperidine rings is 1. The Kier molecular flexibility index (Phi) is 3.85. The van der Waals surface area contributed by atoms with Crippen LogP contribution in [0.15, 0.2) is 12.4 Å². The van der Waals surface area contributed by atoms with Gasteiger partial charge in [0.2, 0.25) is 0 Å². The predicted molar refractivity (Wildman–Crippen MR) is 74.7 cm³/mol. The van der Waals surface area contributed by atoms with Crippen molar-refractivity contribution in [3.63, 3.8) is 0 Å². The first-order chi connectivity index (χ1) is 8.54. The molecule has 0 bridgehead atoms. The Bertz CT molecular complexity index is 395. The smallest absolute Gasteiger partial charge is 0.132 e. The lowest BCUT2D eigenvalue weighted by atomic mass is 9.80. The van der Waals surface area contributed by atoms with E-state index in [1.165, 1.54) is 0 Å². The van der Waals surface area contributed by atoms with Crippen LogP contribution in [0.5, 0.6) is 0 Å². The van der Waals surface area contributed by atoms with Crippen molar-refractivity contribution in [2.24, 2.45) is 11.1 Å². The highest BCUT2D eigenvalue weighted by atomic mass is 15.2. The minimum absolute atomic E-state index is 0.310. The van der Waals surface area contributed by atoms with Crippen molar-refractivity contribution in [3.8, 4) is 0 Å². The maximum Gasteiger partial charge on any atom is 0.132 e. The van der Waals surface area contributed by atoms with Gasteiger partial charge in [0.1, 0.15) is 12.1 Å². The minimum atomic E-state index is 0.310. The third-order valence-corrected chi connectivity index (χ3v) is 4.05. The molecule has 1 fully saturated rings. The van der Waals surface area contributed by atoms with Gasteiger partial charge in [-0.25, -0.2) is 9.97 Å². The van der Waals surface area contributed by atoms with Crippen molar-refractivity contribution >= 4 is 5.82 Å². The van der Waals surface area contributed by atoms with Crippen LogP contribution in [0, 0.1) is 5.41 Å². The molecule has 1 saturated heterocycles. The normalized spacial score (nSPS) is 19.3. The first-order valence-corrected chi connectivity index (χ1v) is 6.81. The predicted octanol–water partition coefficient (Wildman–Crippen LogP) is 2.17.